The summed E-state index contributed by atoms with van der Waals surface area (Å²) < 4.78 is 0. The molecule has 0 saturated carbocycles. The van der Waals surface area contributed by atoms with Crippen molar-refractivity contribution in [2.75, 3.05) is 4.90 Å². The van der Waals surface area contributed by atoms with Crippen molar-refractivity contribution in [3.05, 3.63) is 66.1 Å². The topological polar surface area (TPSA) is 76.7 Å². The van der Waals surface area contributed by atoms with Gasteiger partial charge in [0.15, 0.2) is 5.82 Å². The van der Waals surface area contributed by atoms with Gasteiger partial charge >= 0.3 is 0 Å². The van der Waals surface area contributed by atoms with Crippen molar-refractivity contribution in [3.8, 4) is 0 Å². The lowest BCUT2D eigenvalue weighted by atomic mass is 10.1. The summed E-state index contributed by atoms with van der Waals surface area (Å²) in [5, 5.41) is 15.2. The average Bonchev–Trinajstić information content (AvgIpc) is 2.53. The number of benzene rings is 1. The number of aromatic nitrogens is 2. The van der Waals surface area contributed by atoms with Gasteiger partial charge in [0, 0.05) is 18.6 Å². The molecule has 0 bridgehead atoms. The van der Waals surface area contributed by atoms with Gasteiger partial charge < -0.3 is 10.3 Å². The standard InChI is InChI=1S/C16H17N5/c1-13-4-6-14(7-5-13)12-21(15(18)3-2-8-17)16-11-19-9-10-20-16/h2-11,17-18H,12H2,1H3/b3-2-,17-8?,18-15?. The molecule has 0 saturated heterocycles. The Hall–Kier alpha value is -2.82. The number of hydrogen-bond acceptors (Lipinski definition) is 4. The van der Waals surface area contributed by atoms with Gasteiger partial charge in [-0.1, -0.05) is 29.8 Å². The minimum Gasteiger partial charge on any atom is -0.309 e. The van der Waals surface area contributed by atoms with Crippen LogP contribution in [0.25, 0.3) is 0 Å². The minimum atomic E-state index is 0.263. The van der Waals surface area contributed by atoms with Gasteiger partial charge in [0.1, 0.15) is 5.84 Å². The molecule has 0 unspecified atom stereocenters. The van der Waals surface area contributed by atoms with Crippen molar-refractivity contribution in [1.82, 2.24) is 9.97 Å². The molecule has 0 radical (unpaired) electrons. The molecule has 1 heterocycles. The van der Waals surface area contributed by atoms with E-state index in [1.807, 2.05) is 31.2 Å². The molecule has 21 heavy (non-hydrogen) atoms. The van der Waals surface area contributed by atoms with Crippen LogP contribution in [0.2, 0.25) is 0 Å². The van der Waals surface area contributed by atoms with E-state index in [4.69, 9.17) is 10.8 Å². The zero-order valence-corrected chi connectivity index (χ0v) is 11.8. The maximum absolute atomic E-state index is 8.15. The van der Waals surface area contributed by atoms with E-state index in [0.717, 1.165) is 11.8 Å². The Morgan fingerprint density at radius 1 is 1.24 bits per heavy atom. The second-order valence-electron chi connectivity index (χ2n) is 4.55. The quantitative estimate of drug-likeness (QED) is 0.652. The first-order valence-corrected chi connectivity index (χ1v) is 6.55. The van der Waals surface area contributed by atoms with Gasteiger partial charge in [0.2, 0.25) is 0 Å². The lowest BCUT2D eigenvalue weighted by Gasteiger charge is -2.22. The predicted molar refractivity (Wildman–Crippen MR) is 85.0 cm³/mol. The van der Waals surface area contributed by atoms with Crippen LogP contribution in [0.1, 0.15) is 11.1 Å². The lowest BCUT2D eigenvalue weighted by molar-refractivity contribution is 0.959. The van der Waals surface area contributed by atoms with Crippen molar-refractivity contribution in [2.45, 2.75) is 13.5 Å². The summed E-state index contributed by atoms with van der Waals surface area (Å²) in [5.41, 5.74) is 2.28. The zero-order valence-electron chi connectivity index (χ0n) is 11.8. The van der Waals surface area contributed by atoms with E-state index in [1.165, 1.54) is 11.6 Å². The second-order valence-corrected chi connectivity index (χ2v) is 4.55. The molecule has 106 valence electrons. The molecule has 0 aliphatic heterocycles. The number of nitrogens with zero attached hydrogens (tertiary/aromatic N) is 3. The van der Waals surface area contributed by atoms with E-state index in [-0.39, 0.29) is 5.84 Å². The Morgan fingerprint density at radius 3 is 2.62 bits per heavy atom. The predicted octanol–water partition coefficient (Wildman–Crippen LogP) is 2.97. The Labute approximate surface area is 124 Å². The third kappa shape index (κ3) is 4.07. The molecule has 0 atom stereocenters. The highest BCUT2D eigenvalue weighted by atomic mass is 15.2. The monoisotopic (exact) mass is 279 g/mol. The van der Waals surface area contributed by atoms with Crippen LogP contribution in [0.15, 0.2) is 55.0 Å². The van der Waals surface area contributed by atoms with Crippen molar-refractivity contribution in [2.24, 2.45) is 0 Å². The minimum absolute atomic E-state index is 0.263. The molecule has 0 aliphatic rings. The highest BCUT2D eigenvalue weighted by Gasteiger charge is 2.12. The molecule has 0 amide bonds. The average molecular weight is 279 g/mol. The SMILES string of the molecule is Cc1ccc(CN(C(=N)/C=C\C=N)c2cnccn2)cc1. The maximum atomic E-state index is 8.15. The van der Waals surface area contributed by atoms with Crippen LogP contribution in [-0.2, 0) is 6.54 Å². The third-order valence-corrected chi connectivity index (χ3v) is 2.93. The van der Waals surface area contributed by atoms with Crippen molar-refractivity contribution >= 4 is 17.9 Å². The molecule has 5 nitrogen and oxygen atoms in total. The van der Waals surface area contributed by atoms with Crippen LogP contribution < -0.4 is 4.90 Å². The van der Waals surface area contributed by atoms with Crippen LogP contribution in [0.3, 0.4) is 0 Å². The lowest BCUT2D eigenvalue weighted by Crippen LogP contribution is -2.29. The Bertz CT molecular complexity index is 631. The highest BCUT2D eigenvalue weighted by molar-refractivity contribution is 6.04. The van der Waals surface area contributed by atoms with Gasteiger partial charge in [0.05, 0.1) is 12.7 Å². The van der Waals surface area contributed by atoms with Crippen molar-refractivity contribution in [1.29, 1.82) is 10.8 Å². The fourth-order valence-corrected chi connectivity index (χ4v) is 1.83. The molecule has 2 aromatic rings. The van der Waals surface area contributed by atoms with Gasteiger partial charge in [-0.15, -0.1) is 0 Å². The number of hydrogen-bond donors (Lipinski definition) is 2. The summed E-state index contributed by atoms with van der Waals surface area (Å²) in [6.07, 6.45) is 9.06. The Morgan fingerprint density at radius 2 is 2.00 bits per heavy atom. The summed E-state index contributed by atoms with van der Waals surface area (Å²) in [6, 6.07) is 8.15. The molecule has 0 fully saturated rings. The molecule has 2 rings (SSSR count). The van der Waals surface area contributed by atoms with E-state index in [9.17, 15) is 0 Å². The van der Waals surface area contributed by atoms with Crippen molar-refractivity contribution in [3.63, 3.8) is 0 Å². The highest BCUT2D eigenvalue weighted by Crippen LogP contribution is 2.14. The van der Waals surface area contributed by atoms with Gasteiger partial charge in [0.25, 0.3) is 0 Å². The fourth-order valence-electron chi connectivity index (χ4n) is 1.83. The molecular formula is C16H17N5. The maximum Gasteiger partial charge on any atom is 0.152 e. The normalized spacial score (nSPS) is 10.5. The third-order valence-electron chi connectivity index (χ3n) is 2.93. The van der Waals surface area contributed by atoms with E-state index in [1.54, 1.807) is 29.6 Å². The van der Waals surface area contributed by atoms with Crippen LogP contribution in [0.4, 0.5) is 5.82 Å². The van der Waals surface area contributed by atoms with Crippen molar-refractivity contribution < 1.29 is 0 Å². The van der Waals surface area contributed by atoms with Crippen LogP contribution in [0, 0.1) is 17.7 Å². The number of amidine groups is 1. The molecule has 2 N–H and O–H groups in total. The van der Waals surface area contributed by atoms with E-state index in [2.05, 4.69) is 9.97 Å². The van der Waals surface area contributed by atoms with Crippen LogP contribution in [0.5, 0.6) is 0 Å². The van der Waals surface area contributed by atoms with E-state index >= 15 is 0 Å². The summed E-state index contributed by atoms with van der Waals surface area (Å²) in [6.45, 7) is 2.57. The fraction of sp³-hybridized carbons (Fsp3) is 0.125. The first-order valence-electron chi connectivity index (χ1n) is 6.55. The van der Waals surface area contributed by atoms with Gasteiger partial charge in [-0.3, -0.25) is 10.4 Å². The molecule has 0 spiro atoms. The summed E-state index contributed by atoms with van der Waals surface area (Å²) in [4.78, 5) is 10.1. The number of anilines is 1. The van der Waals surface area contributed by atoms with Gasteiger partial charge in [-0.2, -0.15) is 0 Å². The first kappa shape index (κ1) is 14.6. The number of allylic oxidation sites excluding steroid dienone is 1. The van der Waals surface area contributed by atoms with Crippen LogP contribution >= 0.6 is 0 Å². The summed E-state index contributed by atoms with van der Waals surface area (Å²) >= 11 is 0. The molecule has 0 aliphatic carbocycles. The number of rotatable bonds is 5. The Kier molecular flexibility index (Phi) is 4.93. The smallest absolute Gasteiger partial charge is 0.152 e. The summed E-state index contributed by atoms with van der Waals surface area (Å²) in [7, 11) is 0. The van der Waals surface area contributed by atoms with E-state index in [0.29, 0.717) is 12.4 Å². The second kappa shape index (κ2) is 7.09. The molecule has 5 heteroatoms. The summed E-state index contributed by atoms with van der Waals surface area (Å²) in [5.74, 6) is 0.872. The number of aryl methyl sites for hydroxylation is 1. The van der Waals surface area contributed by atoms with Gasteiger partial charge in [-0.05, 0) is 24.6 Å². The van der Waals surface area contributed by atoms with E-state index < -0.39 is 0 Å². The van der Waals surface area contributed by atoms with Crippen LogP contribution in [-0.4, -0.2) is 22.0 Å². The van der Waals surface area contributed by atoms with Gasteiger partial charge in [-0.25, -0.2) is 4.98 Å². The zero-order chi connectivity index (χ0) is 15.1. The molecule has 1 aromatic heterocycles. The first-order chi connectivity index (χ1) is 10.2. The molecular weight excluding hydrogens is 262 g/mol. The largest absolute Gasteiger partial charge is 0.309 e. The Balaban J connectivity index is 2.27. The molecule has 1 aromatic carbocycles. The number of nitrogens with one attached hydrogen (secondary N) is 2.